The van der Waals surface area contributed by atoms with Crippen molar-refractivity contribution < 1.29 is 14.3 Å². The van der Waals surface area contributed by atoms with Gasteiger partial charge in [-0.1, -0.05) is 30.3 Å². The van der Waals surface area contributed by atoms with Crippen LogP contribution >= 0.6 is 0 Å². The van der Waals surface area contributed by atoms with Crippen molar-refractivity contribution in [2.75, 3.05) is 26.8 Å². The maximum atomic E-state index is 12.5. The molecule has 0 saturated carbocycles. The van der Waals surface area contributed by atoms with E-state index < -0.39 is 11.0 Å². The molecule has 4 heteroatoms. The molecule has 0 amide bonds. The second kappa shape index (κ2) is 5.11. The topological polar surface area (TPSA) is 38.8 Å². The number of esters is 1. The molecule has 1 aromatic carbocycles. The van der Waals surface area contributed by atoms with Crippen molar-refractivity contribution in [3.05, 3.63) is 35.9 Å². The number of carbonyl (C=O) groups excluding carboxylic acids is 1. The molecule has 21 heavy (non-hydrogen) atoms. The molecule has 0 aliphatic carbocycles. The van der Waals surface area contributed by atoms with Crippen LogP contribution in [0.25, 0.3) is 0 Å². The van der Waals surface area contributed by atoms with Crippen molar-refractivity contribution in [3.63, 3.8) is 0 Å². The summed E-state index contributed by atoms with van der Waals surface area (Å²) in [6, 6.07) is 10.4. The normalized spacial score (nSPS) is 31.1. The van der Waals surface area contributed by atoms with Crippen LogP contribution in [-0.4, -0.2) is 43.3 Å². The van der Waals surface area contributed by atoms with Crippen LogP contribution < -0.4 is 0 Å². The van der Waals surface area contributed by atoms with Crippen LogP contribution in [0.1, 0.15) is 19.4 Å². The minimum absolute atomic E-state index is 0.134. The molecule has 2 atom stereocenters. The lowest BCUT2D eigenvalue weighted by atomic mass is 9.69. The lowest BCUT2D eigenvalue weighted by Crippen LogP contribution is -2.51. The Kier molecular flexibility index (Phi) is 3.54. The highest BCUT2D eigenvalue weighted by Crippen LogP contribution is 2.52. The first kappa shape index (κ1) is 14.5. The molecule has 0 radical (unpaired) electrons. The zero-order valence-electron chi connectivity index (χ0n) is 13.0. The van der Waals surface area contributed by atoms with Crippen LogP contribution in [-0.2, 0) is 20.8 Å². The second-order valence-corrected chi connectivity index (χ2v) is 6.64. The molecule has 2 aliphatic rings. The molecular weight excluding hydrogens is 266 g/mol. The molecule has 0 bridgehead atoms. The Morgan fingerprint density at radius 3 is 2.76 bits per heavy atom. The van der Waals surface area contributed by atoms with E-state index >= 15 is 0 Å². The second-order valence-electron chi connectivity index (χ2n) is 6.64. The number of methoxy groups -OCH3 is 1. The van der Waals surface area contributed by atoms with Gasteiger partial charge in [0.05, 0.1) is 19.3 Å². The number of rotatable bonds is 3. The summed E-state index contributed by atoms with van der Waals surface area (Å²) in [6.45, 7) is 7.10. The number of nitrogens with zero attached hydrogens (tertiary/aromatic N) is 1. The minimum Gasteiger partial charge on any atom is -0.468 e. The molecule has 4 nitrogen and oxygen atoms in total. The monoisotopic (exact) mass is 289 g/mol. The van der Waals surface area contributed by atoms with Gasteiger partial charge < -0.3 is 9.47 Å². The molecule has 1 aromatic rings. The summed E-state index contributed by atoms with van der Waals surface area (Å²) >= 11 is 0. The van der Waals surface area contributed by atoms with Gasteiger partial charge in [-0.25, -0.2) is 0 Å². The van der Waals surface area contributed by atoms with Gasteiger partial charge >= 0.3 is 5.97 Å². The third-order valence-corrected chi connectivity index (χ3v) is 5.17. The van der Waals surface area contributed by atoms with E-state index in [-0.39, 0.29) is 11.9 Å². The van der Waals surface area contributed by atoms with Gasteiger partial charge in [0.25, 0.3) is 0 Å². The molecule has 2 fully saturated rings. The predicted molar refractivity (Wildman–Crippen MR) is 79.7 cm³/mol. The number of likely N-dealkylation sites (tertiary alicyclic amines) is 1. The zero-order valence-corrected chi connectivity index (χ0v) is 13.0. The van der Waals surface area contributed by atoms with Gasteiger partial charge in [-0.3, -0.25) is 9.69 Å². The molecule has 2 heterocycles. The van der Waals surface area contributed by atoms with E-state index in [1.165, 1.54) is 12.7 Å². The fraction of sp³-hybridized carbons (Fsp3) is 0.588. The Morgan fingerprint density at radius 2 is 2.10 bits per heavy atom. The minimum atomic E-state index is -0.545. The third kappa shape index (κ3) is 2.17. The zero-order chi connectivity index (χ0) is 15.1. The quantitative estimate of drug-likeness (QED) is 0.799. The summed E-state index contributed by atoms with van der Waals surface area (Å²) in [5.41, 5.74) is 0.253. The summed E-state index contributed by atoms with van der Waals surface area (Å²) < 4.78 is 11.0. The number of hydrogen-bond acceptors (Lipinski definition) is 4. The summed E-state index contributed by atoms with van der Waals surface area (Å²) in [7, 11) is 1.47. The Bertz CT molecular complexity index is 528. The molecule has 3 rings (SSSR count). The van der Waals surface area contributed by atoms with E-state index in [9.17, 15) is 4.79 Å². The maximum Gasteiger partial charge on any atom is 0.316 e. The van der Waals surface area contributed by atoms with E-state index in [1.54, 1.807) is 0 Å². The van der Waals surface area contributed by atoms with E-state index in [1.807, 2.05) is 19.9 Å². The molecule has 0 aromatic heterocycles. The van der Waals surface area contributed by atoms with Crippen LogP contribution in [0.2, 0.25) is 0 Å². The predicted octanol–water partition coefficient (Wildman–Crippen LogP) is 2.09. The van der Waals surface area contributed by atoms with E-state index in [0.717, 1.165) is 13.1 Å². The number of ether oxygens (including phenoxy) is 2. The van der Waals surface area contributed by atoms with Gasteiger partial charge in [0.2, 0.25) is 0 Å². The first-order valence-electron chi connectivity index (χ1n) is 7.48. The van der Waals surface area contributed by atoms with Crippen molar-refractivity contribution in [3.8, 4) is 0 Å². The SMILES string of the molecule is COC(=O)C12CN(Cc3ccccc3)CC1COC2(C)C. The average Bonchev–Trinajstić information content (AvgIpc) is 2.96. The third-order valence-electron chi connectivity index (χ3n) is 5.17. The van der Waals surface area contributed by atoms with Crippen LogP contribution in [0, 0.1) is 11.3 Å². The highest BCUT2D eigenvalue weighted by Gasteiger charge is 2.66. The number of carbonyl (C=O) groups is 1. The summed E-state index contributed by atoms with van der Waals surface area (Å²) in [5.74, 6) is 0.0780. The molecule has 2 unspecified atom stereocenters. The van der Waals surface area contributed by atoms with Crippen LogP contribution in [0.5, 0.6) is 0 Å². The molecule has 0 spiro atoms. The van der Waals surface area contributed by atoms with Crippen LogP contribution in [0.15, 0.2) is 30.3 Å². The largest absolute Gasteiger partial charge is 0.468 e. The molecular formula is C17H23NO3. The number of fused-ring (bicyclic) bond motifs is 1. The highest BCUT2D eigenvalue weighted by atomic mass is 16.5. The van der Waals surface area contributed by atoms with Gasteiger partial charge in [0.1, 0.15) is 5.41 Å². The van der Waals surface area contributed by atoms with E-state index in [4.69, 9.17) is 9.47 Å². The first-order valence-corrected chi connectivity index (χ1v) is 7.48. The fourth-order valence-electron chi connectivity index (χ4n) is 3.95. The standard InChI is InChI=1S/C17H23NO3/c1-16(2)17(15(19)20-3)12-18(10-14(17)11-21-16)9-13-7-5-4-6-8-13/h4-8,14H,9-12H2,1-3H3. The summed E-state index contributed by atoms with van der Waals surface area (Å²) in [6.07, 6.45) is 0. The van der Waals surface area contributed by atoms with Crippen molar-refractivity contribution in [2.24, 2.45) is 11.3 Å². The molecule has 2 saturated heterocycles. The van der Waals surface area contributed by atoms with E-state index in [2.05, 4.69) is 29.2 Å². The van der Waals surface area contributed by atoms with E-state index in [0.29, 0.717) is 13.2 Å². The summed E-state index contributed by atoms with van der Waals surface area (Å²) in [5, 5.41) is 0. The van der Waals surface area contributed by atoms with Crippen LogP contribution in [0.3, 0.4) is 0 Å². The van der Waals surface area contributed by atoms with Gasteiger partial charge in [0.15, 0.2) is 0 Å². The highest BCUT2D eigenvalue weighted by molar-refractivity contribution is 5.80. The van der Waals surface area contributed by atoms with Gasteiger partial charge in [0, 0.05) is 25.6 Å². The Morgan fingerprint density at radius 1 is 1.38 bits per heavy atom. The molecule has 0 N–H and O–H groups in total. The Labute approximate surface area is 126 Å². The van der Waals surface area contributed by atoms with Crippen molar-refractivity contribution in [1.29, 1.82) is 0 Å². The Hall–Kier alpha value is -1.39. The number of hydrogen-bond donors (Lipinski definition) is 0. The lowest BCUT2D eigenvalue weighted by molar-refractivity contribution is -0.163. The van der Waals surface area contributed by atoms with Gasteiger partial charge in [-0.15, -0.1) is 0 Å². The average molecular weight is 289 g/mol. The van der Waals surface area contributed by atoms with Gasteiger partial charge in [-0.05, 0) is 19.4 Å². The van der Waals surface area contributed by atoms with Crippen molar-refractivity contribution in [1.82, 2.24) is 4.90 Å². The number of benzene rings is 1. The summed E-state index contributed by atoms with van der Waals surface area (Å²) in [4.78, 5) is 14.9. The first-order chi connectivity index (χ1) is 9.99. The van der Waals surface area contributed by atoms with Crippen LogP contribution in [0.4, 0.5) is 0 Å². The lowest BCUT2D eigenvalue weighted by Gasteiger charge is -2.37. The smallest absolute Gasteiger partial charge is 0.316 e. The molecule has 114 valence electrons. The Balaban J connectivity index is 1.84. The van der Waals surface area contributed by atoms with Crippen molar-refractivity contribution >= 4 is 5.97 Å². The maximum absolute atomic E-state index is 12.5. The van der Waals surface area contributed by atoms with Crippen molar-refractivity contribution in [2.45, 2.75) is 26.0 Å². The molecule has 2 aliphatic heterocycles. The van der Waals surface area contributed by atoms with Gasteiger partial charge in [-0.2, -0.15) is 0 Å². The fourth-order valence-corrected chi connectivity index (χ4v) is 3.95.